The van der Waals surface area contributed by atoms with Crippen LogP contribution in [-0.2, 0) is 90.5 Å². The maximum atomic E-state index is 14.1. The molecule has 0 aromatic carbocycles. The number of esters is 5. The van der Waals surface area contributed by atoms with Gasteiger partial charge in [-0.3, -0.25) is 28.8 Å². The summed E-state index contributed by atoms with van der Waals surface area (Å²) in [6.45, 7) is 3.40. The van der Waals surface area contributed by atoms with Crippen molar-refractivity contribution in [3.63, 3.8) is 0 Å². The quantitative estimate of drug-likeness (QED) is 0.0226. The van der Waals surface area contributed by atoms with Crippen molar-refractivity contribution in [3.05, 3.63) is 0 Å². The maximum Gasteiger partial charge on any atom is 0.366 e. The van der Waals surface area contributed by atoms with Gasteiger partial charge in [-0.25, -0.2) is 9.59 Å². The third kappa shape index (κ3) is 22.8. The molecule has 81 heavy (non-hydrogen) atoms. The van der Waals surface area contributed by atoms with Gasteiger partial charge in [0.2, 0.25) is 11.8 Å². The van der Waals surface area contributed by atoms with Crippen LogP contribution in [0, 0.1) is 0 Å². The minimum atomic E-state index is -3.02. The minimum Gasteiger partial charge on any atom is -0.480 e. The summed E-state index contributed by atoms with van der Waals surface area (Å²) < 4.78 is 61.7. The minimum absolute atomic E-state index is 0.0444. The molecule has 3 rings (SSSR count). The molecule has 0 saturated carbocycles. The number of hydrogen-bond acceptors (Lipinski definition) is 25. The fraction of sp³-hybridized carbons (Fsp3) is 0.849. The molecule has 17 atom stereocenters. The molecule has 0 aromatic rings. The first-order valence-electron chi connectivity index (χ1n) is 27.8. The zero-order valence-electron chi connectivity index (χ0n) is 47.5. The summed E-state index contributed by atoms with van der Waals surface area (Å²) in [6.07, 6.45) is -11.7. The van der Waals surface area contributed by atoms with Gasteiger partial charge in [0, 0.05) is 41.0 Å². The smallest absolute Gasteiger partial charge is 0.366 e. The van der Waals surface area contributed by atoms with E-state index in [0.717, 1.165) is 73.8 Å². The Hall–Kier alpha value is -4.72. The Morgan fingerprint density at radius 1 is 0.642 bits per heavy atom. The Morgan fingerprint density at radius 2 is 1.20 bits per heavy atom. The first kappa shape index (κ1) is 70.5. The summed E-state index contributed by atoms with van der Waals surface area (Å²) >= 11 is 0. The van der Waals surface area contributed by atoms with Crippen molar-refractivity contribution in [2.75, 3.05) is 33.5 Å². The van der Waals surface area contributed by atoms with Gasteiger partial charge in [-0.1, -0.05) is 96.8 Å². The topological polar surface area (TPSA) is 404 Å². The van der Waals surface area contributed by atoms with Crippen LogP contribution in [0.1, 0.15) is 151 Å². The Morgan fingerprint density at radius 3 is 1.69 bits per heavy atom. The molecule has 28 heteroatoms. The largest absolute Gasteiger partial charge is 0.480 e. The van der Waals surface area contributed by atoms with Gasteiger partial charge in [-0.2, -0.15) is 0 Å². The molecule has 28 nitrogen and oxygen atoms in total. The highest BCUT2D eigenvalue weighted by molar-refractivity contribution is 5.83. The third-order valence-corrected chi connectivity index (χ3v) is 13.8. The average Bonchev–Trinajstić information content (AvgIpc) is 3.46. The third-order valence-electron chi connectivity index (χ3n) is 13.8. The van der Waals surface area contributed by atoms with Crippen LogP contribution in [0.25, 0.3) is 0 Å². The van der Waals surface area contributed by atoms with Crippen molar-refractivity contribution in [3.8, 4) is 0 Å². The highest BCUT2D eigenvalue weighted by Crippen LogP contribution is 2.41. The van der Waals surface area contributed by atoms with Crippen LogP contribution in [-0.4, -0.2) is 221 Å². The molecule has 0 spiro atoms. The van der Waals surface area contributed by atoms with Crippen LogP contribution in [0.2, 0.25) is 0 Å². The van der Waals surface area contributed by atoms with Crippen molar-refractivity contribution < 1.29 is 126 Å². The number of hydrogen-bond donors (Lipinski definition) is 9. The van der Waals surface area contributed by atoms with E-state index in [4.69, 9.17) is 52.1 Å². The Kier molecular flexibility index (Phi) is 31.4. The highest BCUT2D eigenvalue weighted by Gasteiger charge is 2.62. The molecule has 9 N–H and O–H groups in total. The van der Waals surface area contributed by atoms with Gasteiger partial charge >= 0.3 is 35.8 Å². The van der Waals surface area contributed by atoms with Gasteiger partial charge in [-0.05, 0) is 6.42 Å². The summed E-state index contributed by atoms with van der Waals surface area (Å²) in [5, 5.41) is 81.7. The summed E-state index contributed by atoms with van der Waals surface area (Å²) in [6, 6.07) is -3.27. The second-order valence-electron chi connectivity index (χ2n) is 20.5. The lowest BCUT2D eigenvalue weighted by molar-refractivity contribution is -0.386. The van der Waals surface area contributed by atoms with E-state index in [0.29, 0.717) is 6.42 Å². The first-order valence-corrected chi connectivity index (χ1v) is 27.8. The molecular formula is C53H88N2O26. The lowest BCUT2D eigenvalue weighted by atomic mass is 9.87. The standard InChI is InChI=1S/C53H88N2O26/c1-8-9-10-11-12-13-14-15-16-17-18-19-20-21-22-23-39(63)55-34(49(68)69)27-73-50-43(66)42(65)45(37(26-57)78-50)79-51-44(67)48(41(64)36(25-56)77-51)81-53(52(70)71-7)24-35(74-31(4)60)40(54-29(2)58)47(80-53)46(76-33(6)62)38(75-32(5)61)28-72-30(3)59/h34-38,40-48,50-51,56-57,64-67H,8-28H2,1-7H3,(H,54,58)(H,55,63)(H,68,69)/t34-,35-,36+,37+,38+,40+,41-,42+,43+,44+,45+,46+,47+,48-,50+,51-,53-/m0/s1. The summed E-state index contributed by atoms with van der Waals surface area (Å²) in [7, 11) is 0.847. The van der Waals surface area contributed by atoms with E-state index in [1.54, 1.807) is 0 Å². The number of methoxy groups -OCH3 is 1. The molecule has 3 fully saturated rings. The first-order chi connectivity index (χ1) is 38.4. The SMILES string of the molecule is CCCCCCCCCCCCCCCCCC(=O)N[C@@H](CO[C@@H]1O[C@H](CO)[C@@H](O[C@@H]2O[C@H](CO)[C@H](O)[C@H](O[C@]3(C(=O)OC)C[C@H](OC(C)=O)[C@@H](NC(C)=O)[C@H]([C@H](OC(C)=O)[C@@H](COC(C)=O)OC(C)=O)O3)[C@H]2O)[C@H](O)[C@H]1O)C(=O)O. The van der Waals surface area contributed by atoms with Crippen molar-refractivity contribution in [2.45, 2.75) is 254 Å². The number of carboxylic acid groups (broad SMARTS) is 1. The van der Waals surface area contributed by atoms with E-state index >= 15 is 0 Å². The number of carbonyl (C=O) groups is 8. The summed E-state index contributed by atoms with van der Waals surface area (Å²) in [5.74, 6) is -11.4. The van der Waals surface area contributed by atoms with Crippen molar-refractivity contribution in [1.29, 1.82) is 0 Å². The van der Waals surface area contributed by atoms with Gasteiger partial charge in [0.25, 0.3) is 5.79 Å². The molecule has 3 aliphatic rings. The van der Waals surface area contributed by atoms with Crippen molar-refractivity contribution in [2.24, 2.45) is 0 Å². The lowest BCUT2D eigenvalue weighted by Crippen LogP contribution is -2.71. The van der Waals surface area contributed by atoms with E-state index in [9.17, 15) is 74.1 Å². The maximum absolute atomic E-state index is 14.1. The molecule has 0 aliphatic carbocycles. The number of carboxylic acids is 1. The molecule has 0 radical (unpaired) electrons. The van der Waals surface area contributed by atoms with Crippen LogP contribution < -0.4 is 10.6 Å². The zero-order valence-corrected chi connectivity index (χ0v) is 47.5. The lowest BCUT2D eigenvalue weighted by Gasteiger charge is -2.51. The predicted molar refractivity (Wildman–Crippen MR) is 275 cm³/mol. The molecule has 3 saturated heterocycles. The number of unbranched alkanes of at least 4 members (excludes halogenated alkanes) is 14. The van der Waals surface area contributed by atoms with E-state index < -0.39 is 184 Å². The number of amides is 2. The van der Waals surface area contributed by atoms with Crippen LogP contribution in [0.5, 0.6) is 0 Å². The van der Waals surface area contributed by atoms with Gasteiger partial charge < -0.3 is 98.5 Å². The fourth-order valence-electron chi connectivity index (χ4n) is 9.85. The number of rotatable bonds is 36. The van der Waals surface area contributed by atoms with Gasteiger partial charge in [0.05, 0.1) is 39.4 Å². The van der Waals surface area contributed by atoms with E-state index in [2.05, 4.69) is 17.6 Å². The van der Waals surface area contributed by atoms with Crippen LogP contribution in [0.3, 0.4) is 0 Å². The molecule has 0 bridgehead atoms. The van der Waals surface area contributed by atoms with Gasteiger partial charge in [0.1, 0.15) is 67.6 Å². The fourth-order valence-corrected chi connectivity index (χ4v) is 9.85. The normalized spacial score (nSPS) is 29.5. The van der Waals surface area contributed by atoms with Gasteiger partial charge in [0.15, 0.2) is 30.8 Å². The Balaban J connectivity index is 1.79. The second kappa shape index (κ2) is 36.1. The van der Waals surface area contributed by atoms with Crippen molar-refractivity contribution >= 4 is 47.6 Å². The molecule has 466 valence electrons. The van der Waals surface area contributed by atoms with E-state index in [-0.39, 0.29) is 6.42 Å². The molecule has 3 heterocycles. The van der Waals surface area contributed by atoms with Crippen LogP contribution in [0.15, 0.2) is 0 Å². The summed E-state index contributed by atoms with van der Waals surface area (Å²) in [4.78, 5) is 102. The van der Waals surface area contributed by atoms with E-state index in [1.807, 2.05) is 0 Å². The molecule has 3 aliphatic heterocycles. The number of aliphatic carboxylic acids is 1. The number of carbonyl (C=O) groups excluding carboxylic acids is 7. The zero-order chi connectivity index (χ0) is 60.4. The van der Waals surface area contributed by atoms with Crippen LogP contribution in [0.4, 0.5) is 0 Å². The van der Waals surface area contributed by atoms with E-state index in [1.165, 1.54) is 57.8 Å². The molecular weight excluding hydrogens is 1080 g/mol. The molecule has 2 amide bonds. The Bertz CT molecular complexity index is 1980. The number of nitrogens with one attached hydrogen (secondary N) is 2. The number of aliphatic hydroxyl groups excluding tert-OH is 6. The van der Waals surface area contributed by atoms with Crippen LogP contribution >= 0.6 is 0 Å². The Labute approximate surface area is 471 Å². The average molecular weight is 1170 g/mol. The monoisotopic (exact) mass is 1170 g/mol. The predicted octanol–water partition coefficient (Wildman–Crippen LogP) is 0.00340. The molecule has 0 aromatic heterocycles. The summed E-state index contributed by atoms with van der Waals surface area (Å²) in [5.41, 5.74) is 0. The molecule has 0 unspecified atom stereocenters. The van der Waals surface area contributed by atoms with Gasteiger partial charge in [-0.15, -0.1) is 0 Å². The number of ether oxygens (including phenoxy) is 11. The highest BCUT2D eigenvalue weighted by atomic mass is 16.8. The van der Waals surface area contributed by atoms with Crippen molar-refractivity contribution in [1.82, 2.24) is 10.6 Å². The number of aliphatic hydroxyl groups is 6. The second-order valence-corrected chi connectivity index (χ2v) is 20.5.